The fraction of sp³-hybridized carbons (Fsp3) is 0.371. The summed E-state index contributed by atoms with van der Waals surface area (Å²) in [5.74, 6) is 0. The fourth-order valence-corrected chi connectivity index (χ4v) is 7.70. The van der Waals surface area contributed by atoms with Crippen molar-refractivity contribution in [3.05, 3.63) is 118 Å². The molecule has 3 aromatic carbocycles. The number of rotatable bonds is 1. The molecule has 0 unspecified atom stereocenters. The molecule has 1 N–H and O–H groups in total. The van der Waals surface area contributed by atoms with E-state index in [4.69, 9.17) is 0 Å². The van der Waals surface area contributed by atoms with E-state index in [1.807, 2.05) is 0 Å². The summed E-state index contributed by atoms with van der Waals surface area (Å²) in [6, 6.07) is 27.5. The van der Waals surface area contributed by atoms with E-state index >= 15 is 0 Å². The quantitative estimate of drug-likeness (QED) is 0.420. The summed E-state index contributed by atoms with van der Waals surface area (Å²) >= 11 is 0. The lowest BCUT2D eigenvalue weighted by atomic mass is 9.74. The number of nitrogens with one attached hydrogen (secondary N) is 1. The molecule has 0 saturated carbocycles. The average Bonchev–Trinajstić information content (AvgIpc) is 3.65. The molecule has 2 saturated heterocycles. The second-order valence-electron chi connectivity index (χ2n) is 11.8. The van der Waals surface area contributed by atoms with Crippen LogP contribution in [0.4, 0.5) is 0 Å². The van der Waals surface area contributed by atoms with E-state index in [9.17, 15) is 0 Å². The van der Waals surface area contributed by atoms with Gasteiger partial charge in [0.25, 0.3) is 0 Å². The summed E-state index contributed by atoms with van der Waals surface area (Å²) in [4.78, 5) is 2.75. The lowest BCUT2D eigenvalue weighted by Gasteiger charge is -2.41. The van der Waals surface area contributed by atoms with Crippen LogP contribution in [0, 0.1) is 0 Å². The van der Waals surface area contributed by atoms with Crippen molar-refractivity contribution in [2.24, 2.45) is 0 Å². The molecule has 2 aliphatic heterocycles. The van der Waals surface area contributed by atoms with Crippen molar-refractivity contribution in [3.63, 3.8) is 0 Å². The summed E-state index contributed by atoms with van der Waals surface area (Å²) in [5.41, 5.74) is 9.80. The number of benzene rings is 3. The van der Waals surface area contributed by atoms with Crippen LogP contribution in [0.3, 0.4) is 0 Å². The van der Waals surface area contributed by atoms with Gasteiger partial charge in [0.15, 0.2) is 0 Å². The second kappa shape index (κ2) is 9.42. The zero-order chi connectivity index (χ0) is 24.7. The molecule has 3 aromatic rings. The van der Waals surface area contributed by atoms with E-state index in [1.54, 1.807) is 22.3 Å². The molecule has 3 aliphatic carbocycles. The molecule has 0 bridgehead atoms. The monoisotopic (exact) mass is 486 g/mol. The first-order valence-electron chi connectivity index (χ1n) is 14.3. The Morgan fingerprint density at radius 1 is 0.595 bits per heavy atom. The highest BCUT2D eigenvalue weighted by Gasteiger charge is 2.40. The fourth-order valence-electron chi connectivity index (χ4n) is 7.70. The van der Waals surface area contributed by atoms with E-state index < -0.39 is 0 Å². The first kappa shape index (κ1) is 23.2. The largest absolute Gasteiger partial charge is 0.317 e. The molecule has 2 spiro atoms. The van der Waals surface area contributed by atoms with Crippen LogP contribution in [0.25, 0.3) is 12.2 Å². The lowest BCUT2D eigenvalue weighted by Crippen LogP contribution is -2.46. The van der Waals surface area contributed by atoms with Gasteiger partial charge in [0.05, 0.1) is 0 Å². The molecule has 2 nitrogen and oxygen atoms in total. The van der Waals surface area contributed by atoms with Gasteiger partial charge in [-0.2, -0.15) is 0 Å². The van der Waals surface area contributed by atoms with Crippen LogP contribution in [0.15, 0.2) is 84.9 Å². The molecule has 0 atom stereocenters. The van der Waals surface area contributed by atoms with Crippen molar-refractivity contribution >= 4 is 12.2 Å². The Labute approximate surface area is 222 Å². The van der Waals surface area contributed by atoms with Gasteiger partial charge in [0, 0.05) is 16.9 Å². The van der Waals surface area contributed by atoms with Gasteiger partial charge in [-0.25, -0.2) is 0 Å². The third-order valence-corrected chi connectivity index (χ3v) is 9.89. The van der Waals surface area contributed by atoms with Crippen molar-refractivity contribution in [2.45, 2.75) is 55.4 Å². The molecule has 37 heavy (non-hydrogen) atoms. The van der Waals surface area contributed by atoms with Crippen molar-refractivity contribution in [1.29, 1.82) is 0 Å². The Bertz CT molecular complexity index is 1310. The normalized spacial score (nSPS) is 22.5. The molecule has 2 heterocycles. The van der Waals surface area contributed by atoms with Gasteiger partial charge in [-0.15, -0.1) is 0 Å². The van der Waals surface area contributed by atoms with Gasteiger partial charge < -0.3 is 5.32 Å². The van der Waals surface area contributed by atoms with Gasteiger partial charge >= 0.3 is 0 Å². The Morgan fingerprint density at radius 3 is 1.65 bits per heavy atom. The zero-order valence-electron chi connectivity index (χ0n) is 21.8. The van der Waals surface area contributed by atoms with Crippen LogP contribution < -0.4 is 5.32 Å². The Balaban J connectivity index is 0.000000141. The summed E-state index contributed by atoms with van der Waals surface area (Å²) in [6.07, 6.45) is 17.1. The van der Waals surface area contributed by atoms with Gasteiger partial charge in [0.1, 0.15) is 0 Å². The molecule has 8 rings (SSSR count). The van der Waals surface area contributed by atoms with Crippen molar-refractivity contribution in [3.8, 4) is 0 Å². The van der Waals surface area contributed by atoms with Crippen LogP contribution in [0.5, 0.6) is 0 Å². The Hall–Kier alpha value is -2.94. The third-order valence-electron chi connectivity index (χ3n) is 9.89. The lowest BCUT2D eigenvalue weighted by molar-refractivity contribution is 0.136. The maximum atomic E-state index is 3.43. The van der Waals surface area contributed by atoms with Gasteiger partial charge in [-0.05, 0) is 98.1 Å². The molecule has 0 amide bonds. The highest BCUT2D eigenvalue weighted by atomic mass is 15.2. The number of allylic oxidation sites excluding steroid dienone is 2. The first-order chi connectivity index (χ1) is 18.2. The maximum Gasteiger partial charge on any atom is 0.0176 e. The summed E-state index contributed by atoms with van der Waals surface area (Å²) in [6.45, 7) is 4.77. The highest BCUT2D eigenvalue weighted by molar-refractivity contribution is 5.66. The third kappa shape index (κ3) is 4.11. The topological polar surface area (TPSA) is 15.3 Å². The molecule has 188 valence electrons. The van der Waals surface area contributed by atoms with E-state index in [-0.39, 0.29) is 0 Å². The van der Waals surface area contributed by atoms with Gasteiger partial charge in [-0.1, -0.05) is 97.1 Å². The number of hydrogen-bond acceptors (Lipinski definition) is 2. The first-order valence-corrected chi connectivity index (χ1v) is 14.3. The van der Waals surface area contributed by atoms with Crippen molar-refractivity contribution in [2.75, 3.05) is 26.2 Å². The minimum Gasteiger partial charge on any atom is -0.317 e. The molecule has 0 aromatic heterocycles. The van der Waals surface area contributed by atoms with E-state index in [0.717, 1.165) is 19.1 Å². The van der Waals surface area contributed by atoms with Gasteiger partial charge in [-0.3, -0.25) is 4.90 Å². The van der Waals surface area contributed by atoms with Crippen LogP contribution in [-0.2, 0) is 23.7 Å². The summed E-state index contributed by atoms with van der Waals surface area (Å²) in [5, 5.41) is 3.43. The molecule has 5 aliphatic rings. The van der Waals surface area contributed by atoms with Crippen LogP contribution in [0.2, 0.25) is 0 Å². The summed E-state index contributed by atoms with van der Waals surface area (Å²) in [7, 11) is 0. The Morgan fingerprint density at radius 2 is 1.08 bits per heavy atom. The maximum absolute atomic E-state index is 3.43. The predicted octanol–water partition coefficient (Wildman–Crippen LogP) is 6.55. The molecular weight excluding hydrogens is 448 g/mol. The molecule has 2 fully saturated rings. The van der Waals surface area contributed by atoms with Crippen molar-refractivity contribution < 1.29 is 0 Å². The Kier molecular flexibility index (Phi) is 5.91. The van der Waals surface area contributed by atoms with Crippen LogP contribution in [-0.4, -0.2) is 37.1 Å². The molecule has 0 radical (unpaired) electrons. The van der Waals surface area contributed by atoms with Gasteiger partial charge in [0.2, 0.25) is 0 Å². The predicted molar refractivity (Wildman–Crippen MR) is 155 cm³/mol. The second-order valence-corrected chi connectivity index (χ2v) is 11.8. The number of hydrogen-bond donors (Lipinski definition) is 1. The van der Waals surface area contributed by atoms with E-state index in [1.165, 1.54) is 62.7 Å². The average molecular weight is 487 g/mol. The highest BCUT2D eigenvalue weighted by Crippen LogP contribution is 2.45. The zero-order valence-corrected chi connectivity index (χ0v) is 21.8. The van der Waals surface area contributed by atoms with Crippen molar-refractivity contribution in [1.82, 2.24) is 10.2 Å². The standard InChI is InChI=1S/C22H23N.C13H15N/c1-2-7-19-16-20(15-18(19)6-1)23-13-11-22(12-14-23)10-9-17-5-3-4-8-21(17)22;1-2-4-12-11(3-1)5-6-13(12)7-9-14-10-8-13/h1-10,20H,11-16H2;1-6,14H,7-10H2. The van der Waals surface area contributed by atoms with E-state index in [0.29, 0.717) is 10.8 Å². The number of nitrogens with zero attached hydrogens (tertiary/aromatic N) is 1. The van der Waals surface area contributed by atoms with E-state index in [2.05, 4.69) is 107 Å². The number of fused-ring (bicyclic) bond motifs is 5. The summed E-state index contributed by atoms with van der Waals surface area (Å²) < 4.78 is 0. The minimum atomic E-state index is 0.318. The SMILES string of the molecule is C1=CC2(CCN(C3Cc4ccccc4C3)CC2)c2ccccc21.C1=CC2(CCNCC2)c2ccccc21. The van der Waals surface area contributed by atoms with Crippen LogP contribution in [0.1, 0.15) is 59.1 Å². The smallest absolute Gasteiger partial charge is 0.0176 e. The molecule has 2 heteroatoms. The molecular formula is C35H38N2. The van der Waals surface area contributed by atoms with Crippen LogP contribution >= 0.6 is 0 Å². The number of piperidine rings is 2. The minimum absolute atomic E-state index is 0.318. The number of likely N-dealkylation sites (tertiary alicyclic amines) is 1.